The van der Waals surface area contributed by atoms with E-state index in [2.05, 4.69) is 4.98 Å². The standard InChI is InChI=1S/C15H17N3O3/c16-12-1-5-18-15(21-11-3-7-19-8-4-11)13(12)14(17)10-2-6-20-9-10/h1-2,5-6,9,11,17H,3-4,7-8H2,(H2,16,18). The quantitative estimate of drug-likeness (QED) is 0.841. The number of nitrogens with zero attached hydrogens (tertiary/aromatic N) is 1. The third kappa shape index (κ3) is 2.90. The zero-order valence-corrected chi connectivity index (χ0v) is 11.5. The van der Waals surface area contributed by atoms with Crippen LogP contribution >= 0.6 is 0 Å². The van der Waals surface area contributed by atoms with Crippen molar-refractivity contribution in [2.24, 2.45) is 0 Å². The van der Waals surface area contributed by atoms with E-state index in [1.54, 1.807) is 18.3 Å². The van der Waals surface area contributed by atoms with Crippen molar-refractivity contribution in [2.75, 3.05) is 18.9 Å². The van der Waals surface area contributed by atoms with Gasteiger partial charge in [-0.2, -0.15) is 0 Å². The van der Waals surface area contributed by atoms with Gasteiger partial charge < -0.3 is 19.6 Å². The van der Waals surface area contributed by atoms with E-state index >= 15 is 0 Å². The van der Waals surface area contributed by atoms with Crippen molar-refractivity contribution >= 4 is 11.4 Å². The van der Waals surface area contributed by atoms with Crippen LogP contribution in [0.1, 0.15) is 24.0 Å². The first kappa shape index (κ1) is 13.6. The highest BCUT2D eigenvalue weighted by Gasteiger charge is 2.21. The molecule has 0 aliphatic carbocycles. The van der Waals surface area contributed by atoms with Crippen molar-refractivity contribution in [3.63, 3.8) is 0 Å². The molecule has 0 unspecified atom stereocenters. The highest BCUT2D eigenvalue weighted by molar-refractivity contribution is 6.15. The largest absolute Gasteiger partial charge is 0.474 e. The van der Waals surface area contributed by atoms with Crippen molar-refractivity contribution in [1.82, 2.24) is 4.98 Å². The molecule has 6 nitrogen and oxygen atoms in total. The van der Waals surface area contributed by atoms with E-state index in [1.165, 1.54) is 12.5 Å². The maximum absolute atomic E-state index is 8.30. The zero-order valence-electron chi connectivity index (χ0n) is 11.5. The summed E-state index contributed by atoms with van der Waals surface area (Å²) in [7, 11) is 0. The Hall–Kier alpha value is -2.34. The van der Waals surface area contributed by atoms with Crippen LogP contribution in [0, 0.1) is 5.41 Å². The van der Waals surface area contributed by atoms with Crippen LogP contribution in [0.15, 0.2) is 35.3 Å². The lowest BCUT2D eigenvalue weighted by atomic mass is 10.0. The summed E-state index contributed by atoms with van der Waals surface area (Å²) in [6.45, 7) is 1.36. The molecule has 3 N–H and O–H groups in total. The monoisotopic (exact) mass is 287 g/mol. The van der Waals surface area contributed by atoms with Crippen molar-refractivity contribution < 1.29 is 13.9 Å². The maximum Gasteiger partial charge on any atom is 0.225 e. The molecule has 0 radical (unpaired) electrons. The fourth-order valence-corrected chi connectivity index (χ4v) is 2.30. The Bertz CT molecular complexity index is 619. The Morgan fingerprint density at radius 1 is 1.33 bits per heavy atom. The first-order chi connectivity index (χ1) is 10.3. The number of nitrogen functional groups attached to an aromatic ring is 1. The molecule has 110 valence electrons. The molecule has 3 rings (SSSR count). The normalized spacial score (nSPS) is 15.8. The van der Waals surface area contributed by atoms with Crippen molar-refractivity contribution in [2.45, 2.75) is 18.9 Å². The highest BCUT2D eigenvalue weighted by Crippen LogP contribution is 2.27. The number of aromatic nitrogens is 1. The van der Waals surface area contributed by atoms with Crippen LogP contribution in [0.5, 0.6) is 5.88 Å². The topological polar surface area (TPSA) is 94.4 Å². The summed E-state index contributed by atoms with van der Waals surface area (Å²) in [6, 6.07) is 3.38. The summed E-state index contributed by atoms with van der Waals surface area (Å²) in [5.74, 6) is 0.396. The minimum absolute atomic E-state index is 0.0453. The maximum atomic E-state index is 8.30. The lowest BCUT2D eigenvalue weighted by Gasteiger charge is -2.24. The Morgan fingerprint density at radius 2 is 2.14 bits per heavy atom. The average Bonchev–Trinajstić information content (AvgIpc) is 3.02. The number of pyridine rings is 1. The minimum atomic E-state index is 0.0453. The minimum Gasteiger partial charge on any atom is -0.474 e. The molecule has 1 fully saturated rings. The number of hydrogen-bond acceptors (Lipinski definition) is 6. The second-order valence-corrected chi connectivity index (χ2v) is 4.90. The van der Waals surface area contributed by atoms with Crippen LogP contribution in [0.2, 0.25) is 0 Å². The van der Waals surface area contributed by atoms with Gasteiger partial charge in [-0.1, -0.05) is 0 Å². The van der Waals surface area contributed by atoms with E-state index in [-0.39, 0.29) is 11.8 Å². The number of ether oxygens (including phenoxy) is 2. The molecule has 0 aromatic carbocycles. The first-order valence-corrected chi connectivity index (χ1v) is 6.86. The lowest BCUT2D eigenvalue weighted by molar-refractivity contribution is 0.0237. The summed E-state index contributed by atoms with van der Waals surface area (Å²) < 4.78 is 16.3. The van der Waals surface area contributed by atoms with Crippen LogP contribution in [0.25, 0.3) is 0 Å². The number of nitrogens with one attached hydrogen (secondary N) is 1. The Kier molecular flexibility index (Phi) is 3.87. The SMILES string of the molecule is N=C(c1ccoc1)c1c(N)ccnc1OC1CCOCC1. The van der Waals surface area contributed by atoms with Gasteiger partial charge in [0, 0.05) is 30.3 Å². The summed E-state index contributed by atoms with van der Waals surface area (Å²) in [6.07, 6.45) is 6.30. The van der Waals surface area contributed by atoms with Crippen LogP contribution in [0.3, 0.4) is 0 Å². The van der Waals surface area contributed by atoms with E-state index < -0.39 is 0 Å². The fraction of sp³-hybridized carbons (Fsp3) is 0.333. The second kappa shape index (κ2) is 5.97. The van der Waals surface area contributed by atoms with Crippen LogP contribution in [-0.4, -0.2) is 30.0 Å². The average molecular weight is 287 g/mol. The molecule has 0 bridgehead atoms. The van der Waals surface area contributed by atoms with E-state index in [4.69, 9.17) is 25.0 Å². The predicted octanol–water partition coefficient (Wildman–Crippen LogP) is 2.23. The van der Waals surface area contributed by atoms with Gasteiger partial charge in [0.05, 0.1) is 37.0 Å². The molecule has 0 amide bonds. The molecule has 3 heterocycles. The summed E-state index contributed by atoms with van der Waals surface area (Å²) >= 11 is 0. The molecule has 0 atom stereocenters. The predicted molar refractivity (Wildman–Crippen MR) is 77.8 cm³/mol. The van der Waals surface area contributed by atoms with Gasteiger partial charge in [-0.15, -0.1) is 0 Å². The van der Waals surface area contributed by atoms with Gasteiger partial charge in [-0.3, -0.25) is 5.41 Å². The zero-order chi connectivity index (χ0) is 14.7. The van der Waals surface area contributed by atoms with Gasteiger partial charge in [-0.25, -0.2) is 4.98 Å². The molecule has 1 aliphatic heterocycles. The Balaban J connectivity index is 1.90. The number of anilines is 1. The van der Waals surface area contributed by atoms with E-state index in [9.17, 15) is 0 Å². The molecule has 2 aromatic heterocycles. The smallest absolute Gasteiger partial charge is 0.225 e. The van der Waals surface area contributed by atoms with E-state index in [0.717, 1.165) is 12.8 Å². The van der Waals surface area contributed by atoms with E-state index in [0.29, 0.717) is 35.9 Å². The van der Waals surface area contributed by atoms with Crippen LogP contribution in [-0.2, 0) is 4.74 Å². The molecule has 1 aliphatic rings. The third-order valence-electron chi connectivity index (χ3n) is 3.45. The number of furan rings is 1. The van der Waals surface area contributed by atoms with Gasteiger partial charge in [-0.05, 0) is 12.1 Å². The molecular weight excluding hydrogens is 270 g/mol. The van der Waals surface area contributed by atoms with Crippen molar-refractivity contribution in [3.8, 4) is 5.88 Å². The summed E-state index contributed by atoms with van der Waals surface area (Å²) in [5.41, 5.74) is 7.88. The molecule has 1 saturated heterocycles. The molecule has 0 spiro atoms. The van der Waals surface area contributed by atoms with Gasteiger partial charge in [0.15, 0.2) is 0 Å². The lowest BCUT2D eigenvalue weighted by Crippen LogP contribution is -2.27. The number of nitrogens with two attached hydrogens (primary N) is 1. The van der Waals surface area contributed by atoms with Crippen molar-refractivity contribution in [1.29, 1.82) is 5.41 Å². The number of hydrogen-bond donors (Lipinski definition) is 2. The van der Waals surface area contributed by atoms with Gasteiger partial charge in [0.2, 0.25) is 5.88 Å². The van der Waals surface area contributed by atoms with Crippen molar-refractivity contribution in [3.05, 3.63) is 42.0 Å². The molecule has 6 heteroatoms. The van der Waals surface area contributed by atoms with Gasteiger partial charge in [0.25, 0.3) is 0 Å². The Morgan fingerprint density at radius 3 is 2.86 bits per heavy atom. The molecular formula is C15H17N3O3. The number of rotatable bonds is 4. The molecule has 2 aromatic rings. The van der Waals surface area contributed by atoms with E-state index in [1.807, 2.05) is 0 Å². The van der Waals surface area contributed by atoms with Crippen LogP contribution < -0.4 is 10.5 Å². The molecule has 0 saturated carbocycles. The highest BCUT2D eigenvalue weighted by atomic mass is 16.5. The second-order valence-electron chi connectivity index (χ2n) is 4.90. The third-order valence-corrected chi connectivity index (χ3v) is 3.45. The Labute approximate surface area is 122 Å². The van der Waals surface area contributed by atoms with Gasteiger partial charge >= 0.3 is 0 Å². The summed E-state index contributed by atoms with van der Waals surface area (Å²) in [4.78, 5) is 4.25. The first-order valence-electron chi connectivity index (χ1n) is 6.86. The fourth-order valence-electron chi connectivity index (χ4n) is 2.30. The summed E-state index contributed by atoms with van der Waals surface area (Å²) in [5, 5.41) is 8.30. The van der Waals surface area contributed by atoms with Crippen LogP contribution in [0.4, 0.5) is 5.69 Å². The molecule has 21 heavy (non-hydrogen) atoms. The van der Waals surface area contributed by atoms with Gasteiger partial charge in [0.1, 0.15) is 6.10 Å².